The van der Waals surface area contributed by atoms with Crippen LogP contribution in [0.15, 0.2) is 18.3 Å². The topological polar surface area (TPSA) is 48.4 Å². The summed E-state index contributed by atoms with van der Waals surface area (Å²) < 4.78 is 0. The normalized spacial score (nSPS) is 10.8. The van der Waals surface area contributed by atoms with E-state index < -0.39 is 0 Å². The van der Waals surface area contributed by atoms with Crippen LogP contribution in [0.2, 0.25) is 10.0 Å². The van der Waals surface area contributed by atoms with Gasteiger partial charge >= 0.3 is 0 Å². The maximum absolute atomic E-state index is 9.05. The summed E-state index contributed by atoms with van der Waals surface area (Å²) in [7, 11) is 3.68. The van der Waals surface area contributed by atoms with Crippen molar-refractivity contribution in [2.45, 2.75) is 0 Å². The number of nitrogens with one attached hydrogen (secondary N) is 1. The number of anilines is 2. The van der Waals surface area contributed by atoms with Crippen molar-refractivity contribution in [3.05, 3.63) is 28.4 Å². The molecule has 2 aromatic rings. The minimum Gasteiger partial charge on any atom is -0.395 e. The number of benzene rings is 1. The molecule has 4 nitrogen and oxygen atoms in total. The van der Waals surface area contributed by atoms with E-state index in [1.165, 1.54) is 0 Å². The first-order chi connectivity index (χ1) is 9.08. The van der Waals surface area contributed by atoms with Crippen LogP contribution in [0.4, 0.5) is 11.5 Å². The summed E-state index contributed by atoms with van der Waals surface area (Å²) in [5.41, 5.74) is 0.862. The maximum Gasteiger partial charge on any atom is 0.137 e. The lowest BCUT2D eigenvalue weighted by atomic mass is 10.1. The molecule has 0 aliphatic carbocycles. The molecule has 0 saturated carbocycles. The third-order valence-electron chi connectivity index (χ3n) is 2.95. The van der Waals surface area contributed by atoms with Crippen LogP contribution in [-0.2, 0) is 0 Å². The summed E-state index contributed by atoms with van der Waals surface area (Å²) in [6.45, 7) is 0.540. The summed E-state index contributed by atoms with van der Waals surface area (Å²) in [4.78, 5) is 6.27. The molecule has 0 aliphatic heterocycles. The number of nitrogens with zero attached hydrogens (tertiary/aromatic N) is 2. The standard InChI is InChI=1S/C13H15Cl2N3O/c1-16-11-7-17-13(18(2)3-4-19)12-9(11)5-8(14)6-10(12)15/h5-7,16,19H,3-4H2,1-2H3. The van der Waals surface area contributed by atoms with Gasteiger partial charge in [-0.2, -0.15) is 0 Å². The van der Waals surface area contributed by atoms with Crippen molar-refractivity contribution in [1.82, 2.24) is 4.98 Å². The van der Waals surface area contributed by atoms with Crippen molar-refractivity contribution >= 4 is 45.5 Å². The van der Waals surface area contributed by atoms with E-state index in [1.807, 2.05) is 25.1 Å². The molecule has 0 amide bonds. The molecule has 102 valence electrons. The second-order valence-electron chi connectivity index (χ2n) is 4.20. The van der Waals surface area contributed by atoms with Gasteiger partial charge in [0.1, 0.15) is 5.82 Å². The Hall–Kier alpha value is -1.23. The summed E-state index contributed by atoms with van der Waals surface area (Å²) in [5, 5.41) is 15.0. The van der Waals surface area contributed by atoms with Crippen LogP contribution in [0.3, 0.4) is 0 Å². The zero-order chi connectivity index (χ0) is 14.0. The van der Waals surface area contributed by atoms with Gasteiger partial charge < -0.3 is 15.3 Å². The lowest BCUT2D eigenvalue weighted by Gasteiger charge is -2.20. The highest BCUT2D eigenvalue weighted by molar-refractivity contribution is 6.40. The Kier molecular flexibility index (Phi) is 4.34. The Labute approximate surface area is 122 Å². The zero-order valence-corrected chi connectivity index (χ0v) is 12.3. The second kappa shape index (κ2) is 5.82. The number of aromatic nitrogens is 1. The van der Waals surface area contributed by atoms with E-state index in [9.17, 15) is 0 Å². The Balaban J connectivity index is 2.73. The predicted molar refractivity (Wildman–Crippen MR) is 81.7 cm³/mol. The smallest absolute Gasteiger partial charge is 0.137 e. The Morgan fingerprint density at radius 3 is 2.74 bits per heavy atom. The van der Waals surface area contributed by atoms with Crippen LogP contribution >= 0.6 is 23.2 Å². The molecule has 6 heteroatoms. The second-order valence-corrected chi connectivity index (χ2v) is 5.04. The average Bonchev–Trinajstić information content (AvgIpc) is 2.37. The van der Waals surface area contributed by atoms with Crippen molar-refractivity contribution in [3.63, 3.8) is 0 Å². The van der Waals surface area contributed by atoms with E-state index >= 15 is 0 Å². The molecule has 1 aromatic heterocycles. The van der Waals surface area contributed by atoms with Crippen LogP contribution in [0.5, 0.6) is 0 Å². The van der Waals surface area contributed by atoms with Gasteiger partial charge in [-0.3, -0.25) is 0 Å². The van der Waals surface area contributed by atoms with E-state index in [1.54, 1.807) is 12.3 Å². The molecule has 0 bridgehead atoms. The largest absolute Gasteiger partial charge is 0.395 e. The number of aliphatic hydroxyl groups is 1. The Morgan fingerprint density at radius 2 is 2.11 bits per heavy atom. The number of pyridine rings is 1. The molecule has 0 radical (unpaired) electrons. The van der Waals surface area contributed by atoms with E-state index in [0.29, 0.717) is 16.6 Å². The van der Waals surface area contributed by atoms with Crippen molar-refractivity contribution in [1.29, 1.82) is 0 Å². The lowest BCUT2D eigenvalue weighted by molar-refractivity contribution is 0.304. The first-order valence-electron chi connectivity index (χ1n) is 5.86. The van der Waals surface area contributed by atoms with Crippen molar-refractivity contribution in [3.8, 4) is 0 Å². The number of fused-ring (bicyclic) bond motifs is 1. The number of likely N-dealkylation sites (N-methyl/N-ethyl adjacent to an activating group) is 1. The SMILES string of the molecule is CNc1cnc(N(C)CCO)c2c(Cl)cc(Cl)cc12. The molecule has 0 atom stereocenters. The van der Waals surface area contributed by atoms with Crippen LogP contribution in [0.1, 0.15) is 0 Å². The van der Waals surface area contributed by atoms with Gasteiger partial charge in [-0.05, 0) is 12.1 Å². The van der Waals surface area contributed by atoms with Gasteiger partial charge in [-0.15, -0.1) is 0 Å². The fraction of sp³-hybridized carbons (Fsp3) is 0.308. The molecule has 19 heavy (non-hydrogen) atoms. The van der Waals surface area contributed by atoms with Crippen LogP contribution in [-0.4, -0.2) is 37.3 Å². The predicted octanol–water partition coefficient (Wildman–Crippen LogP) is 3.01. The van der Waals surface area contributed by atoms with Gasteiger partial charge in [-0.25, -0.2) is 4.98 Å². The molecular formula is C13H15Cl2N3O. The summed E-state index contributed by atoms with van der Waals surface area (Å²) in [6.07, 6.45) is 1.73. The van der Waals surface area contributed by atoms with Crippen molar-refractivity contribution in [2.75, 3.05) is 37.5 Å². The third kappa shape index (κ3) is 2.71. The average molecular weight is 300 g/mol. The fourth-order valence-electron chi connectivity index (χ4n) is 2.02. The molecule has 1 aromatic carbocycles. The molecule has 0 fully saturated rings. The minimum absolute atomic E-state index is 0.0542. The molecular weight excluding hydrogens is 285 g/mol. The number of halogens is 2. The van der Waals surface area contributed by atoms with E-state index in [-0.39, 0.29) is 6.61 Å². The highest BCUT2D eigenvalue weighted by Gasteiger charge is 2.14. The van der Waals surface area contributed by atoms with Crippen molar-refractivity contribution in [2.24, 2.45) is 0 Å². The molecule has 1 heterocycles. The van der Waals surface area contributed by atoms with Crippen LogP contribution in [0, 0.1) is 0 Å². The molecule has 0 saturated heterocycles. The maximum atomic E-state index is 9.05. The highest BCUT2D eigenvalue weighted by atomic mass is 35.5. The van der Waals surface area contributed by atoms with E-state index in [4.69, 9.17) is 28.3 Å². The van der Waals surface area contributed by atoms with Crippen molar-refractivity contribution < 1.29 is 5.11 Å². The monoisotopic (exact) mass is 299 g/mol. The fourth-order valence-corrected chi connectivity index (χ4v) is 2.60. The van der Waals surface area contributed by atoms with Crippen LogP contribution in [0.25, 0.3) is 10.8 Å². The quantitative estimate of drug-likeness (QED) is 0.911. The van der Waals surface area contributed by atoms with Gasteiger partial charge in [0.05, 0.1) is 23.5 Å². The molecule has 0 spiro atoms. The molecule has 2 rings (SSSR count). The summed E-state index contributed by atoms with van der Waals surface area (Å²) in [6, 6.07) is 3.55. The van der Waals surface area contributed by atoms with Gasteiger partial charge in [0.25, 0.3) is 0 Å². The first-order valence-corrected chi connectivity index (χ1v) is 6.61. The Morgan fingerprint density at radius 1 is 1.37 bits per heavy atom. The molecule has 2 N–H and O–H groups in total. The van der Waals surface area contributed by atoms with Gasteiger partial charge in [0.15, 0.2) is 0 Å². The number of rotatable bonds is 4. The minimum atomic E-state index is 0.0542. The van der Waals surface area contributed by atoms with E-state index in [2.05, 4.69) is 10.3 Å². The molecule has 0 aliphatic rings. The first kappa shape index (κ1) is 14.2. The zero-order valence-electron chi connectivity index (χ0n) is 10.7. The summed E-state index contributed by atoms with van der Waals surface area (Å²) >= 11 is 12.4. The van der Waals surface area contributed by atoms with Gasteiger partial charge in [0.2, 0.25) is 0 Å². The van der Waals surface area contributed by atoms with Crippen LogP contribution < -0.4 is 10.2 Å². The number of aliphatic hydroxyl groups excluding tert-OH is 1. The Bertz CT molecular complexity index is 604. The van der Waals surface area contributed by atoms with Gasteiger partial charge in [-0.1, -0.05) is 23.2 Å². The third-order valence-corrected chi connectivity index (χ3v) is 3.47. The molecule has 0 unspecified atom stereocenters. The number of hydrogen-bond donors (Lipinski definition) is 2. The lowest BCUT2D eigenvalue weighted by Crippen LogP contribution is -2.22. The highest BCUT2D eigenvalue weighted by Crippen LogP contribution is 2.37. The van der Waals surface area contributed by atoms with Gasteiger partial charge in [0, 0.05) is 36.4 Å². The summed E-state index contributed by atoms with van der Waals surface area (Å²) in [5.74, 6) is 0.727. The number of hydrogen-bond acceptors (Lipinski definition) is 4. The van der Waals surface area contributed by atoms with E-state index in [0.717, 1.165) is 22.3 Å².